The smallest absolute Gasteiger partial charge is 0.287 e. The highest BCUT2D eigenvalue weighted by Crippen LogP contribution is 2.35. The molecule has 1 aliphatic rings. The highest BCUT2D eigenvalue weighted by atomic mass is 16.5. The zero-order valence-electron chi connectivity index (χ0n) is 18.7. The molecule has 164 valence electrons. The van der Waals surface area contributed by atoms with E-state index in [-0.39, 0.29) is 11.3 Å². The van der Waals surface area contributed by atoms with Gasteiger partial charge in [-0.25, -0.2) is 0 Å². The van der Waals surface area contributed by atoms with Gasteiger partial charge in [-0.3, -0.25) is 4.79 Å². The lowest BCUT2D eigenvalue weighted by molar-refractivity contribution is 0.0484. The van der Waals surface area contributed by atoms with E-state index in [0.29, 0.717) is 31.9 Å². The van der Waals surface area contributed by atoms with Crippen LogP contribution in [0.1, 0.15) is 62.9 Å². The van der Waals surface area contributed by atoms with Crippen LogP contribution in [0.5, 0.6) is 0 Å². The third-order valence-corrected chi connectivity index (χ3v) is 6.29. The van der Waals surface area contributed by atoms with Crippen molar-refractivity contribution in [3.63, 3.8) is 0 Å². The van der Waals surface area contributed by atoms with E-state index >= 15 is 0 Å². The minimum atomic E-state index is -0.194. The summed E-state index contributed by atoms with van der Waals surface area (Å²) in [5, 5.41) is 7.10. The molecular weight excluding hydrogens is 392 g/mol. The molecule has 31 heavy (non-hydrogen) atoms. The van der Waals surface area contributed by atoms with Crippen molar-refractivity contribution in [2.45, 2.75) is 52.4 Å². The van der Waals surface area contributed by atoms with Gasteiger partial charge in [0.2, 0.25) is 0 Å². The van der Waals surface area contributed by atoms with Crippen LogP contribution >= 0.6 is 0 Å². The highest BCUT2D eigenvalue weighted by molar-refractivity contribution is 5.91. The predicted molar refractivity (Wildman–Crippen MR) is 117 cm³/mol. The zero-order chi connectivity index (χ0) is 22.0. The van der Waals surface area contributed by atoms with Crippen molar-refractivity contribution in [2.75, 3.05) is 19.8 Å². The fraction of sp³-hybridized carbons (Fsp3) is 0.440. The first-order chi connectivity index (χ1) is 14.9. The van der Waals surface area contributed by atoms with Gasteiger partial charge in [-0.15, -0.1) is 0 Å². The number of aromatic nitrogens is 1. The highest BCUT2D eigenvalue weighted by Gasteiger charge is 2.35. The van der Waals surface area contributed by atoms with Gasteiger partial charge in [-0.2, -0.15) is 0 Å². The number of rotatable bonds is 6. The van der Waals surface area contributed by atoms with Crippen LogP contribution in [-0.4, -0.2) is 30.8 Å². The minimum Gasteiger partial charge on any atom is -0.456 e. The Morgan fingerprint density at radius 3 is 2.42 bits per heavy atom. The fourth-order valence-corrected chi connectivity index (χ4v) is 4.47. The maximum absolute atomic E-state index is 12.9. The molecule has 0 radical (unpaired) electrons. The number of aryl methyl sites for hydroxylation is 4. The van der Waals surface area contributed by atoms with Gasteiger partial charge in [0, 0.05) is 37.2 Å². The van der Waals surface area contributed by atoms with Crippen molar-refractivity contribution in [3.05, 3.63) is 75.6 Å². The van der Waals surface area contributed by atoms with Crippen molar-refractivity contribution in [3.8, 4) is 0 Å². The van der Waals surface area contributed by atoms with Crippen LogP contribution in [0.2, 0.25) is 0 Å². The van der Waals surface area contributed by atoms with Gasteiger partial charge in [0.1, 0.15) is 11.5 Å². The number of amides is 1. The normalized spacial score (nSPS) is 15.7. The summed E-state index contributed by atoms with van der Waals surface area (Å²) < 4.78 is 16.7. The Balaban J connectivity index is 1.48. The van der Waals surface area contributed by atoms with Crippen LogP contribution in [0.25, 0.3) is 0 Å². The molecule has 0 unspecified atom stereocenters. The van der Waals surface area contributed by atoms with E-state index < -0.39 is 0 Å². The Kier molecular flexibility index (Phi) is 6.01. The van der Waals surface area contributed by atoms with Crippen molar-refractivity contribution < 1.29 is 18.5 Å². The van der Waals surface area contributed by atoms with Gasteiger partial charge in [0.15, 0.2) is 5.76 Å². The molecule has 3 heterocycles. The number of nitrogens with zero attached hydrogens (tertiary/aromatic N) is 1. The molecule has 1 fully saturated rings. The molecule has 0 atom stereocenters. The lowest BCUT2D eigenvalue weighted by Crippen LogP contribution is -2.44. The third-order valence-electron chi connectivity index (χ3n) is 6.29. The second-order valence-corrected chi connectivity index (χ2v) is 8.70. The standard InChI is InChI=1S/C25H30N2O4/c1-16-11-17(2)13-20(12-16)25(7-9-29-10-8-25)15-26-24(28)23-6-5-21(30-23)14-22-18(3)27-31-19(22)4/h5-6,11-13H,7-10,14-15H2,1-4H3,(H,26,28). The summed E-state index contributed by atoms with van der Waals surface area (Å²) in [5.74, 6) is 1.62. The second-order valence-electron chi connectivity index (χ2n) is 8.70. The number of benzene rings is 1. The summed E-state index contributed by atoms with van der Waals surface area (Å²) in [7, 11) is 0. The van der Waals surface area contributed by atoms with E-state index in [4.69, 9.17) is 13.7 Å². The molecule has 1 amide bonds. The molecule has 0 bridgehead atoms. The molecule has 1 N–H and O–H groups in total. The molecule has 4 rings (SSSR count). The Hall–Kier alpha value is -2.86. The van der Waals surface area contributed by atoms with E-state index in [0.717, 1.165) is 35.6 Å². The summed E-state index contributed by atoms with van der Waals surface area (Å²) in [6.07, 6.45) is 2.32. The van der Waals surface area contributed by atoms with Gasteiger partial charge >= 0.3 is 0 Å². The fourth-order valence-electron chi connectivity index (χ4n) is 4.47. The van der Waals surface area contributed by atoms with E-state index in [1.54, 1.807) is 6.07 Å². The Morgan fingerprint density at radius 1 is 1.06 bits per heavy atom. The Morgan fingerprint density at radius 2 is 1.77 bits per heavy atom. The van der Waals surface area contributed by atoms with E-state index in [1.165, 1.54) is 16.7 Å². The molecule has 0 saturated carbocycles. The monoisotopic (exact) mass is 422 g/mol. The summed E-state index contributed by atoms with van der Waals surface area (Å²) in [4.78, 5) is 12.9. The first-order valence-electron chi connectivity index (χ1n) is 10.8. The maximum Gasteiger partial charge on any atom is 0.287 e. The number of carbonyl (C=O) groups excluding carboxylic acids is 1. The number of carbonyl (C=O) groups is 1. The van der Waals surface area contributed by atoms with E-state index in [1.807, 2.05) is 19.9 Å². The van der Waals surface area contributed by atoms with Crippen LogP contribution < -0.4 is 5.32 Å². The number of hydrogen-bond acceptors (Lipinski definition) is 5. The van der Waals surface area contributed by atoms with Crippen LogP contribution in [0.3, 0.4) is 0 Å². The first-order valence-corrected chi connectivity index (χ1v) is 10.8. The maximum atomic E-state index is 12.9. The van der Waals surface area contributed by atoms with Crippen LogP contribution in [0.15, 0.2) is 39.3 Å². The average Bonchev–Trinajstić information content (AvgIpc) is 3.34. The quantitative estimate of drug-likeness (QED) is 0.630. The largest absolute Gasteiger partial charge is 0.456 e. The summed E-state index contributed by atoms with van der Waals surface area (Å²) in [6.45, 7) is 9.97. The number of ether oxygens (including phenoxy) is 1. The number of nitrogens with one attached hydrogen (secondary N) is 1. The van der Waals surface area contributed by atoms with Gasteiger partial charge in [0.05, 0.1) is 5.69 Å². The molecule has 0 spiro atoms. The Bertz CT molecular complexity index is 1030. The van der Waals surface area contributed by atoms with Gasteiger partial charge in [-0.1, -0.05) is 34.5 Å². The topological polar surface area (TPSA) is 77.5 Å². The second kappa shape index (κ2) is 8.71. The molecule has 3 aromatic rings. The van der Waals surface area contributed by atoms with Crippen molar-refractivity contribution in [1.29, 1.82) is 0 Å². The summed E-state index contributed by atoms with van der Waals surface area (Å²) in [5.41, 5.74) is 5.46. The van der Waals surface area contributed by atoms with Crippen molar-refractivity contribution in [1.82, 2.24) is 10.5 Å². The molecule has 1 saturated heterocycles. The van der Waals surface area contributed by atoms with Crippen LogP contribution in [-0.2, 0) is 16.6 Å². The van der Waals surface area contributed by atoms with E-state index in [2.05, 4.69) is 42.5 Å². The lowest BCUT2D eigenvalue weighted by atomic mass is 9.73. The lowest BCUT2D eigenvalue weighted by Gasteiger charge is -2.38. The predicted octanol–water partition coefficient (Wildman–Crippen LogP) is 4.57. The minimum absolute atomic E-state index is 0.128. The van der Waals surface area contributed by atoms with Crippen molar-refractivity contribution in [2.24, 2.45) is 0 Å². The Labute approximate surface area is 183 Å². The van der Waals surface area contributed by atoms with Gasteiger partial charge in [-0.05, 0) is 58.2 Å². The molecule has 6 nitrogen and oxygen atoms in total. The van der Waals surface area contributed by atoms with Crippen molar-refractivity contribution >= 4 is 5.91 Å². The van der Waals surface area contributed by atoms with Crippen LogP contribution in [0, 0.1) is 27.7 Å². The van der Waals surface area contributed by atoms with Crippen LogP contribution in [0.4, 0.5) is 0 Å². The summed E-state index contributed by atoms with van der Waals surface area (Å²) in [6, 6.07) is 10.2. The molecule has 1 aromatic carbocycles. The number of furan rings is 1. The summed E-state index contributed by atoms with van der Waals surface area (Å²) >= 11 is 0. The zero-order valence-corrected chi connectivity index (χ0v) is 18.7. The van der Waals surface area contributed by atoms with Gasteiger partial charge in [0.25, 0.3) is 5.91 Å². The number of hydrogen-bond donors (Lipinski definition) is 1. The molecule has 0 aliphatic carbocycles. The van der Waals surface area contributed by atoms with E-state index in [9.17, 15) is 4.79 Å². The van der Waals surface area contributed by atoms with Gasteiger partial charge < -0.3 is 19.0 Å². The SMILES string of the molecule is Cc1cc(C)cc(C2(CNC(=O)c3ccc(Cc4c(C)noc4C)o3)CCOCC2)c1. The first kappa shape index (κ1) is 21.4. The molecule has 1 aliphatic heterocycles. The molecule has 6 heteroatoms. The third kappa shape index (κ3) is 4.59. The average molecular weight is 423 g/mol. The molecule has 2 aromatic heterocycles. The molecular formula is C25H30N2O4.